The Hall–Kier alpha value is -2.31. The molecule has 1 aromatic rings. The van der Waals surface area contributed by atoms with Crippen LogP contribution in [0.15, 0.2) is 18.2 Å². The fourth-order valence-electron chi connectivity index (χ4n) is 2.37. The number of carbonyl (C=O) groups is 1. The fraction of sp³-hybridized carbons (Fsp3) is 0.462. The SMILES string of the molecule is Cc1ccc(NC[C@@H]2CCN(C(=O)O)C2)c([N+](=O)[O-])c1. The molecule has 0 bridgehead atoms. The van der Waals surface area contributed by atoms with Gasteiger partial charge >= 0.3 is 6.09 Å². The van der Waals surface area contributed by atoms with Crippen LogP contribution in [-0.2, 0) is 0 Å². The molecule has 0 aliphatic carbocycles. The van der Waals surface area contributed by atoms with Crippen molar-refractivity contribution >= 4 is 17.5 Å². The van der Waals surface area contributed by atoms with Crippen molar-refractivity contribution in [2.45, 2.75) is 13.3 Å². The Kier molecular flexibility index (Phi) is 4.07. The standard InChI is InChI=1S/C13H17N3O4/c1-9-2-3-11(12(6-9)16(19)20)14-7-10-4-5-15(8-10)13(17)18/h2-3,6,10,14H,4-5,7-8H2,1H3,(H,17,18)/t10-/m0/s1. The molecule has 1 saturated heterocycles. The van der Waals surface area contributed by atoms with Crippen LogP contribution in [0, 0.1) is 23.0 Å². The first-order valence-corrected chi connectivity index (χ1v) is 6.44. The van der Waals surface area contributed by atoms with Crippen LogP contribution in [0.1, 0.15) is 12.0 Å². The lowest BCUT2D eigenvalue weighted by molar-refractivity contribution is -0.384. The first kappa shape index (κ1) is 14.1. The Morgan fingerprint density at radius 3 is 2.95 bits per heavy atom. The summed E-state index contributed by atoms with van der Waals surface area (Å²) < 4.78 is 0. The number of carboxylic acid groups (broad SMARTS) is 1. The van der Waals surface area contributed by atoms with Gasteiger partial charge in [0, 0.05) is 25.7 Å². The Morgan fingerprint density at radius 1 is 1.60 bits per heavy atom. The summed E-state index contributed by atoms with van der Waals surface area (Å²) in [5.41, 5.74) is 1.37. The van der Waals surface area contributed by atoms with Gasteiger partial charge in [-0.2, -0.15) is 0 Å². The first-order valence-electron chi connectivity index (χ1n) is 6.44. The van der Waals surface area contributed by atoms with Gasteiger partial charge in [-0.1, -0.05) is 6.07 Å². The number of rotatable bonds is 4. The molecule has 2 N–H and O–H groups in total. The van der Waals surface area contributed by atoms with E-state index in [1.165, 1.54) is 11.0 Å². The van der Waals surface area contributed by atoms with Gasteiger partial charge < -0.3 is 15.3 Å². The van der Waals surface area contributed by atoms with E-state index in [1.54, 1.807) is 13.0 Å². The van der Waals surface area contributed by atoms with Crippen LogP contribution < -0.4 is 5.32 Å². The molecule has 1 amide bonds. The van der Waals surface area contributed by atoms with Crippen molar-refractivity contribution in [2.75, 3.05) is 25.0 Å². The second-order valence-corrected chi connectivity index (χ2v) is 5.04. The summed E-state index contributed by atoms with van der Waals surface area (Å²) >= 11 is 0. The van der Waals surface area contributed by atoms with Gasteiger partial charge in [-0.25, -0.2) is 4.79 Å². The van der Waals surface area contributed by atoms with Crippen LogP contribution in [-0.4, -0.2) is 40.7 Å². The fourth-order valence-corrected chi connectivity index (χ4v) is 2.37. The van der Waals surface area contributed by atoms with Crippen molar-refractivity contribution in [1.82, 2.24) is 4.90 Å². The molecule has 1 aliphatic rings. The van der Waals surface area contributed by atoms with E-state index < -0.39 is 11.0 Å². The first-order chi connectivity index (χ1) is 9.47. The molecule has 1 atom stereocenters. The van der Waals surface area contributed by atoms with Gasteiger partial charge in [0.05, 0.1) is 4.92 Å². The van der Waals surface area contributed by atoms with E-state index in [1.807, 2.05) is 6.07 Å². The second kappa shape index (κ2) is 5.77. The van der Waals surface area contributed by atoms with E-state index in [0.717, 1.165) is 12.0 Å². The summed E-state index contributed by atoms with van der Waals surface area (Å²) in [6.07, 6.45) is -0.132. The van der Waals surface area contributed by atoms with Crippen molar-refractivity contribution in [1.29, 1.82) is 0 Å². The molecule has 1 aliphatic heterocycles. The summed E-state index contributed by atoms with van der Waals surface area (Å²) in [7, 11) is 0. The molecule has 0 spiro atoms. The summed E-state index contributed by atoms with van der Waals surface area (Å²) in [5, 5.41) is 22.9. The Bertz CT molecular complexity index is 532. The highest BCUT2D eigenvalue weighted by atomic mass is 16.6. The topological polar surface area (TPSA) is 95.7 Å². The third-order valence-electron chi connectivity index (χ3n) is 3.49. The van der Waals surface area contributed by atoms with E-state index >= 15 is 0 Å². The zero-order valence-corrected chi connectivity index (χ0v) is 11.2. The minimum absolute atomic E-state index is 0.0538. The molecule has 1 heterocycles. The molecule has 1 fully saturated rings. The molecule has 7 nitrogen and oxygen atoms in total. The van der Waals surface area contributed by atoms with Crippen molar-refractivity contribution in [3.05, 3.63) is 33.9 Å². The molecule has 1 aromatic carbocycles. The van der Waals surface area contributed by atoms with E-state index in [9.17, 15) is 14.9 Å². The number of likely N-dealkylation sites (tertiary alicyclic amines) is 1. The Labute approximate surface area is 116 Å². The molecule has 7 heteroatoms. The number of nitrogens with zero attached hydrogens (tertiary/aromatic N) is 2. The molecule has 108 valence electrons. The summed E-state index contributed by atoms with van der Waals surface area (Å²) in [5.74, 6) is 0.187. The number of hydrogen-bond acceptors (Lipinski definition) is 4. The smallest absolute Gasteiger partial charge is 0.407 e. The summed E-state index contributed by atoms with van der Waals surface area (Å²) in [6, 6.07) is 5.03. The Balaban J connectivity index is 1.98. The number of aryl methyl sites for hydroxylation is 1. The van der Waals surface area contributed by atoms with Gasteiger partial charge in [0.15, 0.2) is 0 Å². The molecule has 0 saturated carbocycles. The lowest BCUT2D eigenvalue weighted by Crippen LogP contribution is -2.27. The number of nitro benzene ring substituents is 1. The zero-order valence-electron chi connectivity index (χ0n) is 11.2. The average Bonchev–Trinajstić information content (AvgIpc) is 2.86. The average molecular weight is 279 g/mol. The van der Waals surface area contributed by atoms with Crippen LogP contribution in [0.25, 0.3) is 0 Å². The molecule has 0 radical (unpaired) electrons. The van der Waals surface area contributed by atoms with Crippen LogP contribution in [0.3, 0.4) is 0 Å². The number of anilines is 1. The maximum absolute atomic E-state index is 11.0. The number of nitrogens with one attached hydrogen (secondary N) is 1. The molecule has 0 unspecified atom stereocenters. The highest BCUT2D eigenvalue weighted by molar-refractivity contribution is 5.65. The van der Waals surface area contributed by atoms with Crippen LogP contribution in [0.5, 0.6) is 0 Å². The van der Waals surface area contributed by atoms with Crippen molar-refractivity contribution < 1.29 is 14.8 Å². The summed E-state index contributed by atoms with van der Waals surface area (Å²) in [4.78, 5) is 22.8. The zero-order chi connectivity index (χ0) is 14.7. The van der Waals surface area contributed by atoms with Gasteiger partial charge in [-0.15, -0.1) is 0 Å². The summed E-state index contributed by atoms with van der Waals surface area (Å²) in [6.45, 7) is 3.34. The van der Waals surface area contributed by atoms with Gasteiger partial charge in [0.25, 0.3) is 5.69 Å². The number of nitro groups is 1. The van der Waals surface area contributed by atoms with Gasteiger partial charge in [-0.3, -0.25) is 10.1 Å². The van der Waals surface area contributed by atoms with Crippen LogP contribution >= 0.6 is 0 Å². The Morgan fingerprint density at radius 2 is 2.35 bits per heavy atom. The minimum atomic E-state index is -0.909. The van der Waals surface area contributed by atoms with Crippen LogP contribution in [0.2, 0.25) is 0 Å². The molecule has 2 rings (SSSR count). The highest BCUT2D eigenvalue weighted by Crippen LogP contribution is 2.26. The maximum atomic E-state index is 11.0. The third-order valence-corrected chi connectivity index (χ3v) is 3.49. The lowest BCUT2D eigenvalue weighted by Gasteiger charge is -2.14. The van der Waals surface area contributed by atoms with Gasteiger partial charge in [0.1, 0.15) is 5.69 Å². The molecular weight excluding hydrogens is 262 g/mol. The second-order valence-electron chi connectivity index (χ2n) is 5.04. The van der Waals surface area contributed by atoms with E-state index in [4.69, 9.17) is 5.11 Å². The molecular formula is C13H17N3O4. The highest BCUT2D eigenvalue weighted by Gasteiger charge is 2.26. The van der Waals surface area contributed by atoms with Crippen molar-refractivity contribution in [3.8, 4) is 0 Å². The molecule has 20 heavy (non-hydrogen) atoms. The number of hydrogen-bond donors (Lipinski definition) is 2. The van der Waals surface area contributed by atoms with Crippen molar-refractivity contribution in [2.24, 2.45) is 5.92 Å². The quantitative estimate of drug-likeness (QED) is 0.651. The van der Waals surface area contributed by atoms with Gasteiger partial charge in [-0.05, 0) is 30.9 Å². The minimum Gasteiger partial charge on any atom is -0.465 e. The monoisotopic (exact) mass is 279 g/mol. The normalized spacial score (nSPS) is 18.1. The van der Waals surface area contributed by atoms with Crippen molar-refractivity contribution in [3.63, 3.8) is 0 Å². The predicted molar refractivity (Wildman–Crippen MR) is 74.0 cm³/mol. The number of amides is 1. The predicted octanol–water partition coefficient (Wildman–Crippen LogP) is 2.32. The lowest BCUT2D eigenvalue weighted by atomic mass is 10.1. The number of benzene rings is 1. The maximum Gasteiger partial charge on any atom is 0.407 e. The molecule has 0 aromatic heterocycles. The van der Waals surface area contributed by atoms with E-state index in [2.05, 4.69) is 5.32 Å². The van der Waals surface area contributed by atoms with Gasteiger partial charge in [0.2, 0.25) is 0 Å². The van der Waals surface area contributed by atoms with Crippen LogP contribution in [0.4, 0.5) is 16.2 Å². The largest absolute Gasteiger partial charge is 0.465 e. The third kappa shape index (κ3) is 3.17. The van der Waals surface area contributed by atoms with E-state index in [0.29, 0.717) is 25.3 Å². The van der Waals surface area contributed by atoms with E-state index in [-0.39, 0.29) is 11.6 Å².